The normalized spacial score (nSPS) is 8.31. The molecule has 0 aromatic carbocycles. The van der Waals surface area contributed by atoms with E-state index < -0.39 is 36.6 Å². The van der Waals surface area contributed by atoms with Crippen molar-refractivity contribution in [2.45, 2.75) is 120 Å². The van der Waals surface area contributed by atoms with Crippen molar-refractivity contribution in [2.75, 3.05) is 0 Å². The maximum absolute atomic E-state index is 9.53. The zero-order chi connectivity index (χ0) is 21.5. The Kier molecular flexibility index (Phi) is 87.8. The summed E-state index contributed by atoms with van der Waals surface area (Å²) in [6.07, 6.45) is -2.50. The van der Waals surface area contributed by atoms with Gasteiger partial charge in [-0.05, 0) is 0 Å². The van der Waals surface area contributed by atoms with Crippen molar-refractivity contribution < 1.29 is 72.8 Å². The molecule has 0 aliphatic heterocycles. The summed E-state index contributed by atoms with van der Waals surface area (Å²) in [4.78, 5) is 0. The van der Waals surface area contributed by atoms with E-state index in [2.05, 4.69) is 0 Å². The summed E-state index contributed by atoms with van der Waals surface area (Å²) in [6.45, 7) is 19.3. The molecule has 0 saturated heterocycles. The van der Waals surface area contributed by atoms with Crippen LogP contribution in [0.15, 0.2) is 0 Å². The van der Waals surface area contributed by atoms with Gasteiger partial charge in [0.15, 0.2) is 0 Å². The number of hydrogen-bond acceptors (Lipinski definition) is 6. The van der Waals surface area contributed by atoms with Crippen LogP contribution in [-0.2, 0) is 42.1 Å². The van der Waals surface area contributed by atoms with Gasteiger partial charge < -0.3 is 30.6 Å². The van der Waals surface area contributed by atoms with E-state index in [1.165, 1.54) is 0 Å². The van der Waals surface area contributed by atoms with Crippen LogP contribution in [0.3, 0.4) is 0 Å². The Morgan fingerprint density at radius 2 is 0.269 bits per heavy atom. The molecule has 0 saturated carbocycles. The van der Waals surface area contributed by atoms with Gasteiger partial charge in [0.05, 0.1) is 0 Å². The molecule has 0 unspecified atom stereocenters. The first-order valence-electron chi connectivity index (χ1n) is 8.34. The minimum Gasteiger partial charge on any atom is -0.852 e. The molecule has 0 aromatic heterocycles. The largest absolute Gasteiger partial charge is 0.852 e. The summed E-state index contributed by atoms with van der Waals surface area (Å²) in [6, 6.07) is 0. The fourth-order valence-corrected chi connectivity index (χ4v) is 0. The zero-order valence-corrected chi connectivity index (χ0v) is 22.7. The molecule has 0 bridgehead atoms. The van der Waals surface area contributed by atoms with Crippen molar-refractivity contribution in [3.8, 4) is 0 Å². The van der Waals surface area contributed by atoms with Crippen LogP contribution in [0.4, 0.5) is 0 Å². The topological polar surface area (TPSA) is 138 Å². The molecule has 0 heterocycles. The molecule has 0 atom stereocenters. The Labute approximate surface area is 192 Å². The van der Waals surface area contributed by atoms with Gasteiger partial charge in [-0.1, -0.05) is 83.1 Å². The molecule has 8 heteroatoms. The van der Waals surface area contributed by atoms with Gasteiger partial charge in [0.1, 0.15) is 0 Å². The van der Waals surface area contributed by atoms with E-state index in [9.17, 15) is 30.6 Å². The molecule has 0 aliphatic carbocycles. The zero-order valence-electron chi connectivity index (χ0n) is 18.7. The Balaban J connectivity index is -0.0000000245. The van der Waals surface area contributed by atoms with Crippen LogP contribution in [-0.4, -0.2) is 36.6 Å². The van der Waals surface area contributed by atoms with Gasteiger partial charge in [-0.3, -0.25) is 0 Å². The third-order valence-electron chi connectivity index (χ3n) is 0. The van der Waals surface area contributed by atoms with Gasteiger partial charge in [-0.15, -0.1) is 36.6 Å². The standard InChI is InChI=1S/6C3H7O.2Mo/c6*1-3(2)4;;/h6*3H,1-2H3;;/q6*-1;;. The second-order valence-electron chi connectivity index (χ2n) is 6.29. The summed E-state index contributed by atoms with van der Waals surface area (Å²) in [5.41, 5.74) is 0. The van der Waals surface area contributed by atoms with E-state index in [1.807, 2.05) is 0 Å². The summed E-state index contributed by atoms with van der Waals surface area (Å²) in [5, 5.41) is 57.2. The molecule has 0 N–H and O–H groups in total. The van der Waals surface area contributed by atoms with Gasteiger partial charge in [0, 0.05) is 42.1 Å². The average Bonchev–Trinajstić information content (AvgIpc) is 2.08. The second-order valence-corrected chi connectivity index (χ2v) is 6.29. The van der Waals surface area contributed by atoms with Crippen molar-refractivity contribution in [3.05, 3.63) is 0 Å². The van der Waals surface area contributed by atoms with Crippen LogP contribution in [0, 0.1) is 0 Å². The van der Waals surface area contributed by atoms with Gasteiger partial charge >= 0.3 is 0 Å². The minimum absolute atomic E-state index is 0. The van der Waals surface area contributed by atoms with Crippen molar-refractivity contribution in [3.63, 3.8) is 0 Å². The van der Waals surface area contributed by atoms with Gasteiger partial charge in [-0.25, -0.2) is 0 Å². The Morgan fingerprint density at radius 3 is 0.269 bits per heavy atom. The Bertz CT molecular complexity index is 105. The van der Waals surface area contributed by atoms with Crippen LogP contribution in [0.2, 0.25) is 0 Å². The summed E-state index contributed by atoms with van der Waals surface area (Å²) in [5.74, 6) is 0. The molecule has 0 radical (unpaired) electrons. The van der Waals surface area contributed by atoms with Crippen LogP contribution in [0.5, 0.6) is 0 Å². The van der Waals surface area contributed by atoms with E-state index in [4.69, 9.17) is 0 Å². The minimum atomic E-state index is -0.417. The molecule has 0 amide bonds. The fraction of sp³-hybridized carbons (Fsp3) is 1.00. The number of hydrogen-bond donors (Lipinski definition) is 0. The van der Waals surface area contributed by atoms with E-state index in [-0.39, 0.29) is 42.1 Å². The van der Waals surface area contributed by atoms with Gasteiger partial charge in [-0.2, -0.15) is 0 Å². The second kappa shape index (κ2) is 45.1. The monoisotopic (exact) mass is 550 g/mol. The molecule has 0 spiro atoms. The predicted octanol–water partition coefficient (Wildman–Crippen LogP) is -1.47. The average molecular weight is 546 g/mol. The third-order valence-corrected chi connectivity index (χ3v) is 0. The van der Waals surface area contributed by atoms with Crippen LogP contribution < -0.4 is 30.6 Å². The third kappa shape index (κ3) is 11300. The molecular weight excluding hydrogens is 504 g/mol. The first-order chi connectivity index (χ1) is 10.4. The molecule has 168 valence electrons. The molecule has 0 aromatic rings. The first kappa shape index (κ1) is 50.6. The fourth-order valence-electron chi connectivity index (χ4n) is 0. The quantitative estimate of drug-likeness (QED) is 0.340. The van der Waals surface area contributed by atoms with Gasteiger partial charge in [0.25, 0.3) is 0 Å². The van der Waals surface area contributed by atoms with Crippen LogP contribution >= 0.6 is 0 Å². The summed E-state index contributed by atoms with van der Waals surface area (Å²) in [7, 11) is 0. The predicted molar refractivity (Wildman–Crippen MR) is 90.8 cm³/mol. The van der Waals surface area contributed by atoms with Crippen molar-refractivity contribution in [1.82, 2.24) is 0 Å². The SMILES string of the molecule is CC(C)[O-].CC(C)[O-].CC(C)[O-].CC(C)[O-].CC(C)[O-].CC(C)[O-].[Mo].[Mo]. The molecule has 0 rings (SSSR count). The Morgan fingerprint density at radius 1 is 0.269 bits per heavy atom. The van der Waals surface area contributed by atoms with Gasteiger partial charge in [0.2, 0.25) is 0 Å². The van der Waals surface area contributed by atoms with Crippen molar-refractivity contribution in [2.24, 2.45) is 0 Å². The van der Waals surface area contributed by atoms with E-state index >= 15 is 0 Å². The molecule has 6 nitrogen and oxygen atoms in total. The van der Waals surface area contributed by atoms with E-state index in [0.29, 0.717) is 0 Å². The first-order valence-corrected chi connectivity index (χ1v) is 8.34. The van der Waals surface area contributed by atoms with Crippen LogP contribution in [0.25, 0.3) is 0 Å². The maximum atomic E-state index is 9.53. The maximum Gasteiger partial charge on any atom is 0 e. The summed E-state index contributed by atoms with van der Waals surface area (Å²) < 4.78 is 0. The molecule has 0 fully saturated rings. The molecular formula is C18H42Mo2O6-6. The van der Waals surface area contributed by atoms with E-state index in [1.54, 1.807) is 83.1 Å². The van der Waals surface area contributed by atoms with Crippen LogP contribution in [0.1, 0.15) is 83.1 Å². The van der Waals surface area contributed by atoms with Crippen molar-refractivity contribution >= 4 is 0 Å². The Hall–Kier alpha value is 1.14. The molecule has 0 aliphatic rings. The van der Waals surface area contributed by atoms with Crippen molar-refractivity contribution in [1.29, 1.82) is 0 Å². The smallest absolute Gasteiger partial charge is 0 e. The number of rotatable bonds is 0. The summed E-state index contributed by atoms with van der Waals surface area (Å²) >= 11 is 0. The molecule has 26 heavy (non-hydrogen) atoms. The van der Waals surface area contributed by atoms with E-state index in [0.717, 1.165) is 0 Å².